The van der Waals surface area contributed by atoms with Crippen LogP contribution in [0.15, 0.2) is 47.7 Å². The fourth-order valence-corrected chi connectivity index (χ4v) is 5.61. The van der Waals surface area contributed by atoms with Gasteiger partial charge < -0.3 is 19.9 Å². The van der Waals surface area contributed by atoms with Crippen molar-refractivity contribution >= 4 is 22.9 Å². The largest absolute Gasteiger partial charge is 0.465 e. The third-order valence-corrected chi connectivity index (χ3v) is 7.32. The summed E-state index contributed by atoms with van der Waals surface area (Å²) in [4.78, 5) is 36.1. The van der Waals surface area contributed by atoms with Crippen molar-refractivity contribution in [3.05, 3.63) is 53.2 Å². The van der Waals surface area contributed by atoms with Crippen molar-refractivity contribution in [1.82, 2.24) is 29.2 Å². The van der Waals surface area contributed by atoms with E-state index < -0.39 is 6.09 Å². The van der Waals surface area contributed by atoms with Gasteiger partial charge in [-0.05, 0) is 45.4 Å². The number of rotatable bonds is 4. The maximum atomic E-state index is 13.1. The van der Waals surface area contributed by atoms with E-state index >= 15 is 0 Å². The van der Waals surface area contributed by atoms with Crippen LogP contribution in [-0.4, -0.2) is 65.1 Å². The lowest BCUT2D eigenvalue weighted by Gasteiger charge is -2.36. The lowest BCUT2D eigenvalue weighted by atomic mass is 10.0. The average molecular weight is 488 g/mol. The number of hydrogen-bond donors (Lipinski definition) is 2. The summed E-state index contributed by atoms with van der Waals surface area (Å²) in [5, 5.41) is 14.5. The van der Waals surface area contributed by atoms with Crippen LogP contribution in [0.2, 0.25) is 0 Å². The molecule has 186 valence electrons. The van der Waals surface area contributed by atoms with Gasteiger partial charge in [-0.2, -0.15) is 5.10 Å². The molecule has 0 bridgehead atoms. The first-order valence-corrected chi connectivity index (χ1v) is 12.2. The van der Waals surface area contributed by atoms with E-state index in [4.69, 9.17) is 10.1 Å². The third-order valence-electron chi connectivity index (χ3n) is 7.32. The van der Waals surface area contributed by atoms with Gasteiger partial charge in [-0.15, -0.1) is 0 Å². The molecule has 2 aliphatic rings. The van der Waals surface area contributed by atoms with Crippen molar-refractivity contribution < 1.29 is 9.90 Å². The second-order valence-electron chi connectivity index (χ2n) is 10.7. The van der Waals surface area contributed by atoms with Gasteiger partial charge in [0.05, 0.1) is 30.0 Å². The Morgan fingerprint density at radius 3 is 2.69 bits per heavy atom. The Morgan fingerprint density at radius 2 is 1.97 bits per heavy atom. The zero-order valence-corrected chi connectivity index (χ0v) is 20.8. The predicted molar refractivity (Wildman–Crippen MR) is 137 cm³/mol. The Labute approximate surface area is 207 Å². The number of amides is 1. The summed E-state index contributed by atoms with van der Waals surface area (Å²) >= 11 is 0. The number of nitrogens with one attached hydrogen (secondary N) is 1. The van der Waals surface area contributed by atoms with E-state index in [1.165, 1.54) is 4.90 Å². The molecule has 2 N–H and O–H groups in total. The average Bonchev–Trinajstić information content (AvgIpc) is 3.47. The van der Waals surface area contributed by atoms with Gasteiger partial charge in [0.2, 0.25) is 5.95 Å². The topological polar surface area (TPSA) is 112 Å². The van der Waals surface area contributed by atoms with Crippen LogP contribution in [0.1, 0.15) is 33.7 Å². The van der Waals surface area contributed by atoms with Crippen LogP contribution in [0.5, 0.6) is 0 Å². The van der Waals surface area contributed by atoms with Crippen LogP contribution in [0.4, 0.5) is 10.7 Å². The van der Waals surface area contributed by atoms with E-state index in [-0.39, 0.29) is 23.2 Å². The van der Waals surface area contributed by atoms with Crippen molar-refractivity contribution in [1.29, 1.82) is 0 Å². The summed E-state index contributed by atoms with van der Waals surface area (Å²) in [5.74, 6) is 0.709. The fraction of sp³-hybridized carbons (Fsp3) is 0.385. The van der Waals surface area contributed by atoms with Gasteiger partial charge in [0.15, 0.2) is 0 Å². The summed E-state index contributed by atoms with van der Waals surface area (Å²) < 4.78 is 3.60. The quantitative estimate of drug-likeness (QED) is 0.453. The van der Waals surface area contributed by atoms with Crippen molar-refractivity contribution in [3.8, 4) is 22.4 Å². The fourth-order valence-electron chi connectivity index (χ4n) is 5.61. The van der Waals surface area contributed by atoms with E-state index in [1.807, 2.05) is 29.2 Å². The highest BCUT2D eigenvalue weighted by Crippen LogP contribution is 2.36. The number of anilines is 1. The summed E-state index contributed by atoms with van der Waals surface area (Å²) in [6.07, 6.45) is 4.77. The number of H-pyrrole nitrogens is 1. The number of aromatic amines is 1. The van der Waals surface area contributed by atoms with E-state index in [0.29, 0.717) is 31.3 Å². The van der Waals surface area contributed by atoms with E-state index in [2.05, 4.69) is 48.7 Å². The van der Waals surface area contributed by atoms with Gasteiger partial charge in [-0.3, -0.25) is 14.0 Å². The Bertz CT molecular complexity index is 1560. The van der Waals surface area contributed by atoms with Crippen LogP contribution < -0.4 is 10.5 Å². The maximum absolute atomic E-state index is 13.1. The monoisotopic (exact) mass is 487 g/mol. The highest BCUT2D eigenvalue weighted by atomic mass is 16.4. The zero-order valence-electron chi connectivity index (χ0n) is 20.8. The SMILES string of the molecule is CC(C)N1c2nc(-c3c[nH]c4ccc(-c5cnn(C6CN(C(=O)O)C6)c5)cc34)cc(=O)n2CC1(C)C. The second kappa shape index (κ2) is 7.71. The molecule has 0 atom stereocenters. The number of hydrogen-bond acceptors (Lipinski definition) is 5. The molecule has 6 rings (SSSR count). The number of carboxylic acid groups (broad SMARTS) is 1. The minimum absolute atomic E-state index is 0.0473. The molecule has 10 heteroatoms. The highest BCUT2D eigenvalue weighted by Gasteiger charge is 2.39. The molecule has 0 unspecified atom stereocenters. The molecular formula is C26H29N7O3. The summed E-state index contributed by atoms with van der Waals surface area (Å²) in [6.45, 7) is 10.0. The molecule has 10 nitrogen and oxygen atoms in total. The van der Waals surface area contributed by atoms with Crippen molar-refractivity contribution in [3.63, 3.8) is 0 Å². The molecule has 1 aromatic carbocycles. The minimum Gasteiger partial charge on any atom is -0.465 e. The van der Waals surface area contributed by atoms with Gasteiger partial charge in [0, 0.05) is 59.6 Å². The normalized spacial score (nSPS) is 17.1. The molecule has 2 aliphatic heterocycles. The molecule has 1 saturated heterocycles. The number of likely N-dealkylation sites (tertiary alicyclic amines) is 1. The van der Waals surface area contributed by atoms with Crippen molar-refractivity contribution in [2.45, 2.75) is 51.9 Å². The Morgan fingerprint density at radius 1 is 1.19 bits per heavy atom. The van der Waals surface area contributed by atoms with Crippen LogP contribution >= 0.6 is 0 Å². The summed E-state index contributed by atoms with van der Waals surface area (Å²) in [5.41, 5.74) is 4.19. The van der Waals surface area contributed by atoms with Gasteiger partial charge in [-0.1, -0.05) is 6.07 Å². The summed E-state index contributed by atoms with van der Waals surface area (Å²) in [7, 11) is 0. The first-order valence-electron chi connectivity index (χ1n) is 12.2. The number of nitrogens with zero attached hydrogens (tertiary/aromatic N) is 6. The lowest BCUT2D eigenvalue weighted by Crippen LogP contribution is -2.50. The third kappa shape index (κ3) is 3.39. The van der Waals surface area contributed by atoms with E-state index in [1.54, 1.807) is 16.8 Å². The Kier molecular flexibility index (Phi) is 4.79. The molecule has 5 heterocycles. The Balaban J connectivity index is 1.37. The second-order valence-corrected chi connectivity index (χ2v) is 10.7. The zero-order chi connectivity index (χ0) is 25.4. The number of benzene rings is 1. The highest BCUT2D eigenvalue weighted by molar-refractivity contribution is 5.97. The molecular weight excluding hydrogens is 458 g/mol. The first-order chi connectivity index (χ1) is 17.1. The molecule has 3 aromatic heterocycles. The lowest BCUT2D eigenvalue weighted by molar-refractivity contribution is 0.0812. The number of fused-ring (bicyclic) bond motifs is 2. The molecule has 0 spiro atoms. The molecule has 36 heavy (non-hydrogen) atoms. The van der Waals surface area contributed by atoms with Crippen molar-refractivity contribution in [2.24, 2.45) is 0 Å². The Hall–Kier alpha value is -4.08. The van der Waals surface area contributed by atoms with E-state index in [0.717, 1.165) is 27.6 Å². The molecule has 0 radical (unpaired) electrons. The predicted octanol–water partition coefficient (Wildman–Crippen LogP) is 3.80. The molecule has 1 amide bonds. The van der Waals surface area contributed by atoms with Gasteiger partial charge in [0.25, 0.3) is 5.56 Å². The van der Waals surface area contributed by atoms with E-state index in [9.17, 15) is 9.59 Å². The van der Waals surface area contributed by atoms with Gasteiger partial charge >= 0.3 is 6.09 Å². The van der Waals surface area contributed by atoms with Crippen LogP contribution in [0.3, 0.4) is 0 Å². The molecule has 1 fully saturated rings. The molecule has 4 aromatic rings. The van der Waals surface area contributed by atoms with Gasteiger partial charge in [-0.25, -0.2) is 9.78 Å². The smallest absolute Gasteiger partial charge is 0.407 e. The molecule has 0 aliphatic carbocycles. The van der Waals surface area contributed by atoms with Gasteiger partial charge in [0.1, 0.15) is 0 Å². The van der Waals surface area contributed by atoms with Crippen LogP contribution in [0, 0.1) is 0 Å². The number of aromatic nitrogens is 5. The first kappa shape index (κ1) is 22.4. The summed E-state index contributed by atoms with van der Waals surface area (Å²) in [6, 6.07) is 8.02. The standard InChI is InChI=1S/C26H29N7O3/c1-15(2)33-24-29-22(8-23(34)31(24)14-26(33,3)4)20-10-27-21-6-5-16(7-19(20)21)17-9-28-32(11-17)18-12-30(13-18)25(35)36/h5-11,15,18,27H,12-14H2,1-4H3,(H,35,36). The number of carbonyl (C=O) groups is 1. The minimum atomic E-state index is -0.899. The molecule has 0 saturated carbocycles. The maximum Gasteiger partial charge on any atom is 0.407 e. The van der Waals surface area contributed by atoms with Crippen molar-refractivity contribution in [2.75, 3.05) is 18.0 Å². The van der Waals surface area contributed by atoms with Crippen LogP contribution in [-0.2, 0) is 6.54 Å². The van der Waals surface area contributed by atoms with Crippen LogP contribution in [0.25, 0.3) is 33.3 Å².